The molecule has 0 fully saturated rings. The third-order valence-electron chi connectivity index (χ3n) is 2.68. The number of phenols is 4. The molecule has 6 heteroatoms. The number of phenolic OH excluding ortho intramolecular Hbond substituents is 4. The minimum Gasteiger partial charge on any atom is -0.508 e. The third-order valence-corrected chi connectivity index (χ3v) is 3.28. The Morgan fingerprint density at radius 1 is 0.952 bits per heavy atom. The van der Waals surface area contributed by atoms with Gasteiger partial charge in [0.2, 0.25) is 0 Å². The maximum atomic E-state index is 11.9. The molecule has 0 saturated carbocycles. The molecule has 0 aromatic heterocycles. The van der Waals surface area contributed by atoms with Gasteiger partial charge in [-0.3, -0.25) is 4.79 Å². The lowest BCUT2D eigenvalue weighted by atomic mass is 10.1. The number of rotatable bonds is 3. The molecule has 0 amide bonds. The van der Waals surface area contributed by atoms with Crippen molar-refractivity contribution in [3.63, 3.8) is 0 Å². The topological polar surface area (TPSA) is 98.0 Å². The predicted octanol–water partition coefficient (Wildman–Crippen LogP) is 3.17. The van der Waals surface area contributed by atoms with E-state index >= 15 is 0 Å². The van der Waals surface area contributed by atoms with Gasteiger partial charge in [0, 0.05) is 11.6 Å². The van der Waals surface area contributed by atoms with Crippen molar-refractivity contribution in [2.75, 3.05) is 0 Å². The number of aromatic hydroxyl groups is 4. The lowest BCUT2D eigenvalue weighted by molar-refractivity contribution is 0.104. The smallest absolute Gasteiger partial charge is 0.186 e. The highest BCUT2D eigenvalue weighted by Gasteiger charge is 2.07. The van der Waals surface area contributed by atoms with Gasteiger partial charge in [-0.25, -0.2) is 0 Å². The SMILES string of the molecule is O=C(/C=C/c1cc(O)c(O)c(Br)c1)c1cc(O)cc(O)c1. The molecular formula is C15H11BrO5. The molecule has 21 heavy (non-hydrogen) atoms. The molecule has 108 valence electrons. The summed E-state index contributed by atoms with van der Waals surface area (Å²) < 4.78 is 0.296. The molecule has 5 nitrogen and oxygen atoms in total. The van der Waals surface area contributed by atoms with Crippen LogP contribution in [0.5, 0.6) is 23.0 Å². The average Bonchev–Trinajstić information content (AvgIpc) is 2.40. The van der Waals surface area contributed by atoms with E-state index in [0.717, 1.165) is 6.07 Å². The van der Waals surface area contributed by atoms with Crippen LogP contribution < -0.4 is 0 Å². The average molecular weight is 351 g/mol. The van der Waals surface area contributed by atoms with Crippen molar-refractivity contribution in [2.24, 2.45) is 0 Å². The first-order chi connectivity index (χ1) is 9.86. The summed E-state index contributed by atoms with van der Waals surface area (Å²) in [5, 5.41) is 37.5. The fraction of sp³-hybridized carbons (Fsp3) is 0. The van der Waals surface area contributed by atoms with E-state index in [4.69, 9.17) is 0 Å². The highest BCUT2D eigenvalue weighted by atomic mass is 79.9. The van der Waals surface area contributed by atoms with Crippen molar-refractivity contribution in [3.05, 3.63) is 52.0 Å². The highest BCUT2D eigenvalue weighted by Crippen LogP contribution is 2.34. The minimum atomic E-state index is -0.426. The van der Waals surface area contributed by atoms with Crippen molar-refractivity contribution >= 4 is 27.8 Å². The molecule has 0 saturated heterocycles. The Bertz CT molecular complexity index is 694. The second kappa shape index (κ2) is 5.88. The van der Waals surface area contributed by atoms with E-state index in [1.807, 2.05) is 0 Å². The molecule has 2 aromatic carbocycles. The van der Waals surface area contributed by atoms with Gasteiger partial charge in [-0.2, -0.15) is 0 Å². The fourth-order valence-corrected chi connectivity index (χ4v) is 2.17. The number of hydrogen-bond acceptors (Lipinski definition) is 5. The molecular weight excluding hydrogens is 340 g/mol. The van der Waals surface area contributed by atoms with E-state index in [-0.39, 0.29) is 28.6 Å². The Labute approximate surface area is 128 Å². The normalized spacial score (nSPS) is 10.9. The molecule has 0 heterocycles. The van der Waals surface area contributed by atoms with Crippen LogP contribution in [-0.4, -0.2) is 26.2 Å². The molecule has 0 bridgehead atoms. The molecule has 2 aromatic rings. The Morgan fingerprint density at radius 2 is 1.57 bits per heavy atom. The molecule has 2 rings (SSSR count). The fourth-order valence-electron chi connectivity index (χ4n) is 1.71. The summed E-state index contributed by atoms with van der Waals surface area (Å²) in [6, 6.07) is 6.41. The summed E-state index contributed by atoms with van der Waals surface area (Å²) in [4.78, 5) is 11.9. The Kier molecular flexibility index (Phi) is 4.18. The molecule has 0 radical (unpaired) electrons. The van der Waals surface area contributed by atoms with Crippen LogP contribution in [0.2, 0.25) is 0 Å². The Balaban J connectivity index is 2.26. The molecule has 4 N–H and O–H groups in total. The number of allylic oxidation sites excluding steroid dienone is 1. The van der Waals surface area contributed by atoms with E-state index < -0.39 is 5.78 Å². The summed E-state index contributed by atoms with van der Waals surface area (Å²) in [5.74, 6) is -1.44. The van der Waals surface area contributed by atoms with Gasteiger partial charge in [0.05, 0.1) is 4.47 Å². The summed E-state index contributed by atoms with van der Waals surface area (Å²) in [6.45, 7) is 0. The molecule has 0 atom stereocenters. The Morgan fingerprint density at radius 3 is 2.14 bits per heavy atom. The van der Waals surface area contributed by atoms with E-state index in [1.54, 1.807) is 0 Å². The van der Waals surface area contributed by atoms with Gasteiger partial charge < -0.3 is 20.4 Å². The maximum Gasteiger partial charge on any atom is 0.186 e. The lowest BCUT2D eigenvalue weighted by Gasteiger charge is -2.02. The first-order valence-corrected chi connectivity index (χ1v) is 6.63. The maximum absolute atomic E-state index is 11.9. The van der Waals surface area contributed by atoms with Gasteiger partial charge in [0.1, 0.15) is 11.5 Å². The largest absolute Gasteiger partial charge is 0.508 e. The second-order valence-electron chi connectivity index (χ2n) is 4.31. The van der Waals surface area contributed by atoms with Crippen molar-refractivity contribution in [2.45, 2.75) is 0 Å². The van der Waals surface area contributed by atoms with Crippen LogP contribution in [0.15, 0.2) is 40.9 Å². The van der Waals surface area contributed by atoms with Gasteiger partial charge in [0.25, 0.3) is 0 Å². The number of hydrogen-bond donors (Lipinski definition) is 4. The second-order valence-corrected chi connectivity index (χ2v) is 5.16. The first-order valence-electron chi connectivity index (χ1n) is 5.83. The lowest BCUT2D eigenvalue weighted by Crippen LogP contribution is -1.93. The quantitative estimate of drug-likeness (QED) is 0.387. The summed E-state index contributed by atoms with van der Waals surface area (Å²) in [7, 11) is 0. The van der Waals surface area contributed by atoms with Crippen molar-refractivity contribution in [1.82, 2.24) is 0 Å². The zero-order valence-corrected chi connectivity index (χ0v) is 12.2. The molecule has 0 unspecified atom stereocenters. The summed E-state index contributed by atoms with van der Waals surface area (Å²) in [6.07, 6.45) is 2.67. The van der Waals surface area contributed by atoms with Crippen LogP contribution in [0.3, 0.4) is 0 Å². The van der Waals surface area contributed by atoms with Crippen LogP contribution in [0.25, 0.3) is 6.08 Å². The predicted molar refractivity (Wildman–Crippen MR) is 80.6 cm³/mol. The zero-order valence-electron chi connectivity index (χ0n) is 10.6. The third kappa shape index (κ3) is 3.55. The minimum absolute atomic E-state index is 0.130. The van der Waals surface area contributed by atoms with E-state index in [0.29, 0.717) is 10.0 Å². The van der Waals surface area contributed by atoms with Gasteiger partial charge in [0.15, 0.2) is 17.3 Å². The molecule has 0 aliphatic rings. The Hall–Kier alpha value is -2.47. The molecule has 0 aliphatic heterocycles. The molecule has 0 spiro atoms. The van der Waals surface area contributed by atoms with E-state index in [2.05, 4.69) is 15.9 Å². The zero-order chi connectivity index (χ0) is 15.6. The number of carbonyl (C=O) groups is 1. The van der Waals surface area contributed by atoms with Crippen molar-refractivity contribution in [1.29, 1.82) is 0 Å². The monoisotopic (exact) mass is 350 g/mol. The summed E-state index contributed by atoms with van der Waals surface area (Å²) >= 11 is 3.07. The van der Waals surface area contributed by atoms with Crippen LogP contribution in [-0.2, 0) is 0 Å². The van der Waals surface area contributed by atoms with Crippen LogP contribution in [0.4, 0.5) is 0 Å². The number of halogens is 1. The van der Waals surface area contributed by atoms with Crippen LogP contribution >= 0.6 is 15.9 Å². The van der Waals surface area contributed by atoms with Crippen LogP contribution in [0, 0.1) is 0 Å². The number of ketones is 1. The van der Waals surface area contributed by atoms with Crippen molar-refractivity contribution in [3.8, 4) is 23.0 Å². The standard InChI is InChI=1S/C15H11BrO5/c16-12-3-8(4-14(20)15(12)21)1-2-13(19)9-5-10(17)7-11(18)6-9/h1-7,17-18,20-21H/b2-1+. The number of benzene rings is 2. The van der Waals surface area contributed by atoms with E-state index in [9.17, 15) is 25.2 Å². The van der Waals surface area contributed by atoms with Gasteiger partial charge in [-0.05, 0) is 51.8 Å². The van der Waals surface area contributed by atoms with E-state index in [1.165, 1.54) is 36.4 Å². The van der Waals surface area contributed by atoms with Gasteiger partial charge >= 0.3 is 0 Å². The highest BCUT2D eigenvalue weighted by molar-refractivity contribution is 9.10. The van der Waals surface area contributed by atoms with Crippen molar-refractivity contribution < 1.29 is 25.2 Å². The summed E-state index contributed by atoms with van der Waals surface area (Å²) in [5.41, 5.74) is 0.626. The number of carbonyl (C=O) groups excluding carboxylic acids is 1. The molecule has 0 aliphatic carbocycles. The van der Waals surface area contributed by atoms with Gasteiger partial charge in [-0.15, -0.1) is 0 Å². The van der Waals surface area contributed by atoms with Gasteiger partial charge in [-0.1, -0.05) is 6.08 Å². The first kappa shape index (κ1) is 14.9. The van der Waals surface area contributed by atoms with Crippen LogP contribution in [0.1, 0.15) is 15.9 Å².